The number of carbonyl (C=O) groups is 1. The number of carbonyl (C=O) groups excluding carboxylic acids is 1. The van der Waals surface area contributed by atoms with Gasteiger partial charge in [-0.1, -0.05) is 0 Å². The van der Waals surface area contributed by atoms with Crippen molar-refractivity contribution in [3.63, 3.8) is 0 Å². The van der Waals surface area contributed by atoms with Crippen LogP contribution in [-0.4, -0.2) is 11.9 Å². The minimum atomic E-state index is -0.107. The normalized spacial score (nSPS) is 18.2. The van der Waals surface area contributed by atoms with E-state index < -0.39 is 0 Å². The van der Waals surface area contributed by atoms with Gasteiger partial charge >= 0.3 is 0 Å². The van der Waals surface area contributed by atoms with Crippen LogP contribution in [0.25, 0.3) is 0 Å². The summed E-state index contributed by atoms with van der Waals surface area (Å²) in [5, 5.41) is 2.91. The fourth-order valence-corrected chi connectivity index (χ4v) is 1.40. The molecule has 0 spiro atoms. The van der Waals surface area contributed by atoms with Gasteiger partial charge in [0, 0.05) is 6.04 Å². The summed E-state index contributed by atoms with van der Waals surface area (Å²) in [5.74, 6) is 0.968. The maximum Gasteiger partial charge on any atom is 0.287 e. The topological polar surface area (TPSA) is 42.2 Å². The van der Waals surface area contributed by atoms with E-state index in [1.165, 1.54) is 19.1 Å². The lowest BCUT2D eigenvalue weighted by molar-refractivity contribution is 0.0908. The van der Waals surface area contributed by atoms with Gasteiger partial charge < -0.3 is 9.73 Å². The third-order valence-corrected chi connectivity index (χ3v) is 2.43. The Balaban J connectivity index is 1.91. The van der Waals surface area contributed by atoms with E-state index in [4.69, 9.17) is 4.42 Å². The van der Waals surface area contributed by atoms with Crippen molar-refractivity contribution in [2.45, 2.75) is 25.8 Å². The first-order chi connectivity index (χ1) is 6.27. The average Bonchev–Trinajstić information content (AvgIpc) is 2.81. The van der Waals surface area contributed by atoms with Crippen LogP contribution in [0.3, 0.4) is 0 Å². The third-order valence-electron chi connectivity index (χ3n) is 2.43. The Kier molecular flexibility index (Phi) is 2.08. The van der Waals surface area contributed by atoms with Crippen molar-refractivity contribution in [2.75, 3.05) is 0 Å². The van der Waals surface area contributed by atoms with E-state index >= 15 is 0 Å². The van der Waals surface area contributed by atoms with Crippen LogP contribution in [0, 0.1) is 5.92 Å². The molecule has 0 radical (unpaired) electrons. The van der Waals surface area contributed by atoms with Crippen LogP contribution in [0.1, 0.15) is 30.3 Å². The highest BCUT2D eigenvalue weighted by atomic mass is 16.3. The molecular weight excluding hydrogens is 166 g/mol. The summed E-state index contributed by atoms with van der Waals surface area (Å²) in [5.41, 5.74) is 0. The van der Waals surface area contributed by atoms with Gasteiger partial charge in [0.1, 0.15) is 0 Å². The molecule has 1 saturated carbocycles. The highest BCUT2D eigenvalue weighted by molar-refractivity contribution is 5.91. The van der Waals surface area contributed by atoms with Crippen LogP contribution in [0.4, 0.5) is 0 Å². The first-order valence-corrected chi connectivity index (χ1v) is 4.62. The second kappa shape index (κ2) is 3.24. The monoisotopic (exact) mass is 179 g/mol. The maximum atomic E-state index is 11.4. The van der Waals surface area contributed by atoms with Gasteiger partial charge in [0.2, 0.25) is 0 Å². The molecule has 1 aliphatic carbocycles. The number of amides is 1. The molecule has 13 heavy (non-hydrogen) atoms. The molecule has 3 nitrogen and oxygen atoms in total. The summed E-state index contributed by atoms with van der Waals surface area (Å²) in [4.78, 5) is 11.4. The summed E-state index contributed by atoms with van der Waals surface area (Å²) in [7, 11) is 0. The van der Waals surface area contributed by atoms with E-state index in [0.717, 1.165) is 0 Å². The molecule has 1 heterocycles. The fraction of sp³-hybridized carbons (Fsp3) is 0.500. The largest absolute Gasteiger partial charge is 0.459 e. The molecule has 1 aromatic rings. The van der Waals surface area contributed by atoms with Crippen LogP contribution in [-0.2, 0) is 0 Å². The first-order valence-electron chi connectivity index (χ1n) is 4.62. The molecule has 0 aromatic carbocycles. The van der Waals surface area contributed by atoms with E-state index in [1.54, 1.807) is 12.1 Å². The highest BCUT2D eigenvalue weighted by Crippen LogP contribution is 2.32. The molecule has 3 heteroatoms. The molecule has 0 saturated heterocycles. The molecule has 1 N–H and O–H groups in total. The lowest BCUT2D eigenvalue weighted by Crippen LogP contribution is -2.33. The van der Waals surface area contributed by atoms with E-state index in [2.05, 4.69) is 5.32 Å². The molecule has 1 unspecified atom stereocenters. The van der Waals surface area contributed by atoms with Crippen molar-refractivity contribution in [1.29, 1.82) is 0 Å². The number of nitrogens with one attached hydrogen (secondary N) is 1. The smallest absolute Gasteiger partial charge is 0.287 e. The minimum absolute atomic E-state index is 0.107. The Labute approximate surface area is 77.1 Å². The first kappa shape index (κ1) is 8.35. The van der Waals surface area contributed by atoms with Crippen LogP contribution < -0.4 is 5.32 Å². The predicted molar refractivity (Wildman–Crippen MR) is 48.4 cm³/mol. The third kappa shape index (κ3) is 1.91. The Bertz CT molecular complexity index is 288. The summed E-state index contributed by atoms with van der Waals surface area (Å²) in [6, 6.07) is 3.67. The van der Waals surface area contributed by atoms with Gasteiger partial charge in [-0.3, -0.25) is 4.79 Å². The van der Waals surface area contributed by atoms with Crippen molar-refractivity contribution >= 4 is 5.91 Å². The second-order valence-corrected chi connectivity index (χ2v) is 3.58. The zero-order valence-corrected chi connectivity index (χ0v) is 7.62. The van der Waals surface area contributed by atoms with Gasteiger partial charge in [0.25, 0.3) is 5.91 Å². The lowest BCUT2D eigenvalue weighted by atomic mass is 10.2. The van der Waals surface area contributed by atoms with E-state index in [1.807, 2.05) is 6.92 Å². The summed E-state index contributed by atoms with van der Waals surface area (Å²) >= 11 is 0. The Morgan fingerprint density at radius 1 is 1.69 bits per heavy atom. The van der Waals surface area contributed by atoms with Gasteiger partial charge in [-0.2, -0.15) is 0 Å². The summed E-state index contributed by atoms with van der Waals surface area (Å²) in [6.45, 7) is 2.04. The zero-order valence-electron chi connectivity index (χ0n) is 7.62. The van der Waals surface area contributed by atoms with Crippen molar-refractivity contribution < 1.29 is 9.21 Å². The van der Waals surface area contributed by atoms with Gasteiger partial charge in [-0.15, -0.1) is 0 Å². The molecule has 0 aliphatic heterocycles. The number of furan rings is 1. The maximum absolute atomic E-state index is 11.4. The second-order valence-electron chi connectivity index (χ2n) is 3.58. The highest BCUT2D eigenvalue weighted by Gasteiger charge is 2.29. The molecular formula is C10H13NO2. The number of hydrogen-bond donors (Lipinski definition) is 1. The molecule has 1 atom stereocenters. The Morgan fingerprint density at radius 3 is 3.00 bits per heavy atom. The van der Waals surface area contributed by atoms with Gasteiger partial charge in [0.15, 0.2) is 5.76 Å². The van der Waals surface area contributed by atoms with Crippen LogP contribution >= 0.6 is 0 Å². The van der Waals surface area contributed by atoms with Gasteiger partial charge in [0.05, 0.1) is 6.26 Å². The minimum Gasteiger partial charge on any atom is -0.459 e. The molecule has 70 valence electrons. The standard InChI is InChI=1S/C10H13NO2/c1-7(8-4-5-8)11-10(12)9-3-2-6-13-9/h2-3,6-8H,4-5H2,1H3,(H,11,12). The Morgan fingerprint density at radius 2 is 2.46 bits per heavy atom. The quantitative estimate of drug-likeness (QED) is 0.768. The summed E-state index contributed by atoms with van der Waals surface area (Å²) < 4.78 is 4.98. The molecule has 0 bridgehead atoms. The van der Waals surface area contributed by atoms with Gasteiger partial charge in [-0.25, -0.2) is 0 Å². The fourth-order valence-electron chi connectivity index (χ4n) is 1.40. The van der Waals surface area contributed by atoms with Crippen molar-refractivity contribution in [3.05, 3.63) is 24.2 Å². The number of hydrogen-bond acceptors (Lipinski definition) is 2. The molecule has 1 fully saturated rings. The molecule has 2 rings (SSSR count). The molecule has 1 aromatic heterocycles. The van der Waals surface area contributed by atoms with Crippen LogP contribution in [0.5, 0.6) is 0 Å². The van der Waals surface area contributed by atoms with Crippen molar-refractivity contribution in [2.24, 2.45) is 5.92 Å². The SMILES string of the molecule is CC(NC(=O)c1ccco1)C1CC1. The van der Waals surface area contributed by atoms with Crippen LogP contribution in [0.2, 0.25) is 0 Å². The lowest BCUT2D eigenvalue weighted by Gasteiger charge is -2.10. The Hall–Kier alpha value is -1.25. The van der Waals surface area contributed by atoms with Gasteiger partial charge in [-0.05, 0) is 37.8 Å². The summed E-state index contributed by atoms with van der Waals surface area (Å²) in [6.07, 6.45) is 3.98. The number of rotatable bonds is 3. The van der Waals surface area contributed by atoms with E-state index in [9.17, 15) is 4.79 Å². The predicted octanol–water partition coefficient (Wildman–Crippen LogP) is 1.81. The molecule has 1 aliphatic rings. The molecule has 1 amide bonds. The van der Waals surface area contributed by atoms with E-state index in [-0.39, 0.29) is 11.9 Å². The average molecular weight is 179 g/mol. The van der Waals surface area contributed by atoms with Crippen LogP contribution in [0.15, 0.2) is 22.8 Å². The van der Waals surface area contributed by atoms with Crippen molar-refractivity contribution in [3.8, 4) is 0 Å². The van der Waals surface area contributed by atoms with Crippen molar-refractivity contribution in [1.82, 2.24) is 5.32 Å². The zero-order chi connectivity index (χ0) is 9.26. The van der Waals surface area contributed by atoms with E-state index in [0.29, 0.717) is 11.7 Å².